The minimum Gasteiger partial charge on any atom is -0.497 e. The molecule has 0 bridgehead atoms. The molecule has 0 aliphatic rings. The molecule has 9 nitrogen and oxygen atoms in total. The molecule has 0 aromatic heterocycles. The Balaban J connectivity index is 1.97. The number of carbonyl (C=O) groups excluding carboxylic acids is 4. The lowest BCUT2D eigenvalue weighted by Crippen LogP contribution is -2.58. The van der Waals surface area contributed by atoms with Gasteiger partial charge in [0, 0.05) is 21.5 Å². The Hall–Kier alpha value is -4.14. The molecule has 3 atom stereocenters. The zero-order chi connectivity index (χ0) is 37.4. The Morgan fingerprint density at radius 2 is 1.40 bits per heavy atom. The van der Waals surface area contributed by atoms with Crippen molar-refractivity contribution in [1.82, 2.24) is 16.0 Å². The van der Waals surface area contributed by atoms with Crippen LogP contribution in [0.3, 0.4) is 0 Å². The highest BCUT2D eigenvalue weighted by Gasteiger charge is 2.52. The van der Waals surface area contributed by atoms with Crippen LogP contribution in [0, 0.1) is 5.92 Å². The second-order valence-electron chi connectivity index (χ2n) is 11.2. The molecule has 0 aliphatic heterocycles. The molecule has 0 radical (unpaired) electrons. The summed E-state index contributed by atoms with van der Waals surface area (Å²) in [5.41, 5.74) is 0.570. The maximum absolute atomic E-state index is 14.9. The number of Topliss-reactive ketones (excluding diaryl/α,β-unsaturated/α-hetero) is 1. The van der Waals surface area contributed by atoms with Gasteiger partial charge in [-0.3, -0.25) is 19.2 Å². The highest BCUT2D eigenvalue weighted by atomic mass is 35.5. The van der Waals surface area contributed by atoms with E-state index in [1.54, 1.807) is 12.1 Å². The third-order valence-corrected chi connectivity index (χ3v) is 7.67. The summed E-state index contributed by atoms with van der Waals surface area (Å²) in [7, 11) is 1.38. The summed E-state index contributed by atoms with van der Waals surface area (Å²) in [4.78, 5) is 52.6. The number of methoxy groups -OCH3 is 1. The number of hydrogen-bond acceptors (Lipinski definition) is 6. The predicted octanol–water partition coefficient (Wildman–Crippen LogP) is 6.53. The van der Waals surface area contributed by atoms with Crippen LogP contribution in [0.5, 0.6) is 11.5 Å². The quantitative estimate of drug-likeness (QED) is 0.120. The Labute approximate surface area is 298 Å². The van der Waals surface area contributed by atoms with Crippen molar-refractivity contribution in [3.63, 3.8) is 0 Å². The maximum Gasteiger partial charge on any atom is 0.405 e. The zero-order valence-electron chi connectivity index (χ0n) is 26.5. The van der Waals surface area contributed by atoms with Gasteiger partial charge in [-0.05, 0) is 65.6 Å². The fourth-order valence-corrected chi connectivity index (χ4v) is 5.29. The molecular formula is C33H31Cl3F5N3O6. The van der Waals surface area contributed by atoms with Crippen LogP contribution in [-0.4, -0.2) is 61.4 Å². The second kappa shape index (κ2) is 17.2. The highest BCUT2D eigenvalue weighted by Crippen LogP contribution is 2.26. The van der Waals surface area contributed by atoms with Gasteiger partial charge in [0.05, 0.1) is 13.2 Å². The normalized spacial score (nSPS) is 13.5. The van der Waals surface area contributed by atoms with Gasteiger partial charge in [0.25, 0.3) is 11.8 Å². The molecule has 0 spiro atoms. The molecule has 3 rings (SSSR count). The number of ether oxygens (including phenoxy) is 2. The largest absolute Gasteiger partial charge is 0.497 e. The van der Waals surface area contributed by atoms with Crippen molar-refractivity contribution in [2.24, 2.45) is 5.92 Å². The molecule has 3 aromatic rings. The predicted molar refractivity (Wildman–Crippen MR) is 176 cm³/mol. The average Bonchev–Trinajstić information content (AvgIpc) is 3.03. The number of carbonyl (C=O) groups is 4. The van der Waals surface area contributed by atoms with Gasteiger partial charge in [-0.15, -0.1) is 0 Å². The first-order valence-corrected chi connectivity index (χ1v) is 15.8. The van der Waals surface area contributed by atoms with Gasteiger partial charge < -0.3 is 25.4 Å². The van der Waals surface area contributed by atoms with E-state index in [1.807, 2.05) is 0 Å². The summed E-state index contributed by atoms with van der Waals surface area (Å²) in [6, 6.07) is 12.6. The zero-order valence-corrected chi connectivity index (χ0v) is 28.8. The van der Waals surface area contributed by atoms with E-state index in [9.17, 15) is 41.1 Å². The number of nitrogens with one attached hydrogen (secondary N) is 3. The van der Waals surface area contributed by atoms with Crippen LogP contribution >= 0.6 is 34.8 Å². The van der Waals surface area contributed by atoms with Crippen molar-refractivity contribution >= 4 is 58.3 Å². The molecular weight excluding hydrogens is 736 g/mol. The molecule has 0 saturated carbocycles. The summed E-state index contributed by atoms with van der Waals surface area (Å²) in [6.07, 6.45) is -6.54. The second-order valence-corrected chi connectivity index (χ2v) is 12.5. The Morgan fingerprint density at radius 1 is 0.780 bits per heavy atom. The van der Waals surface area contributed by atoms with E-state index >= 15 is 0 Å². The van der Waals surface area contributed by atoms with E-state index in [0.717, 1.165) is 5.32 Å². The highest BCUT2D eigenvalue weighted by molar-refractivity contribution is 6.34. The Morgan fingerprint density at radius 3 is 1.94 bits per heavy atom. The minimum absolute atomic E-state index is 0.105. The van der Waals surface area contributed by atoms with E-state index < -0.39 is 66.3 Å². The fourth-order valence-electron chi connectivity index (χ4n) is 4.54. The van der Waals surface area contributed by atoms with Crippen molar-refractivity contribution in [3.8, 4) is 11.5 Å². The smallest absolute Gasteiger partial charge is 0.405 e. The van der Waals surface area contributed by atoms with Crippen LogP contribution in [0.25, 0.3) is 0 Å². The van der Waals surface area contributed by atoms with Gasteiger partial charge in [0.1, 0.15) is 24.1 Å². The Bertz CT molecular complexity index is 1670. The molecule has 0 heterocycles. The van der Waals surface area contributed by atoms with Crippen LogP contribution in [0.2, 0.25) is 15.1 Å². The third-order valence-electron chi connectivity index (χ3n) is 7.00. The van der Waals surface area contributed by atoms with Crippen LogP contribution in [0.4, 0.5) is 22.0 Å². The lowest BCUT2D eigenvalue weighted by molar-refractivity contribution is -0.165. The van der Waals surface area contributed by atoms with E-state index in [2.05, 4.69) is 10.6 Å². The molecule has 0 saturated heterocycles. The lowest BCUT2D eigenvalue weighted by atomic mass is 9.94. The molecule has 17 heteroatoms. The Kier molecular flexibility index (Phi) is 13.8. The molecule has 3 aromatic carbocycles. The topological polar surface area (TPSA) is 123 Å². The van der Waals surface area contributed by atoms with Crippen LogP contribution < -0.4 is 25.4 Å². The number of alkyl halides is 5. The molecule has 0 fully saturated rings. The van der Waals surface area contributed by atoms with E-state index in [1.165, 1.54) is 75.6 Å². The molecule has 0 unspecified atom stereocenters. The number of benzene rings is 3. The third kappa shape index (κ3) is 11.5. The van der Waals surface area contributed by atoms with Gasteiger partial charge in [0.2, 0.25) is 11.7 Å². The van der Waals surface area contributed by atoms with Gasteiger partial charge >= 0.3 is 12.1 Å². The summed E-state index contributed by atoms with van der Waals surface area (Å²) in [5.74, 6) is -12.2. The first-order chi connectivity index (χ1) is 23.3. The summed E-state index contributed by atoms with van der Waals surface area (Å²) in [5, 5.41) is 6.45. The van der Waals surface area contributed by atoms with Gasteiger partial charge in [0.15, 0.2) is 6.10 Å². The number of amides is 3. The molecule has 3 amide bonds. The van der Waals surface area contributed by atoms with E-state index in [4.69, 9.17) is 44.3 Å². The number of ketones is 1. The van der Waals surface area contributed by atoms with Crippen molar-refractivity contribution < 1.29 is 50.6 Å². The summed E-state index contributed by atoms with van der Waals surface area (Å²) < 4.78 is 78.5. The van der Waals surface area contributed by atoms with Crippen molar-refractivity contribution in [3.05, 3.63) is 92.9 Å². The summed E-state index contributed by atoms with van der Waals surface area (Å²) >= 11 is 18.4. The van der Waals surface area contributed by atoms with E-state index in [-0.39, 0.29) is 32.8 Å². The number of halogens is 8. The molecule has 3 N–H and O–H groups in total. The van der Waals surface area contributed by atoms with Gasteiger partial charge in [-0.1, -0.05) is 66.8 Å². The molecule has 270 valence electrons. The van der Waals surface area contributed by atoms with Crippen LogP contribution in [-0.2, 0) is 25.6 Å². The average molecular weight is 767 g/mol. The van der Waals surface area contributed by atoms with Crippen LogP contribution in [0.1, 0.15) is 31.0 Å². The first-order valence-electron chi connectivity index (χ1n) is 14.7. The SMILES string of the molecule is COc1ccc([C@H](NC(=O)[C@@H](Cc2cc(Cl)cc(Cl)c2)Oc2cccc(Cl)c2)C(=O)N[C@H](C(=O)C(F)(F)C(=O)NCC(F)(F)F)C(C)C)cc1. The molecule has 50 heavy (non-hydrogen) atoms. The maximum atomic E-state index is 14.9. The number of hydrogen-bond donors (Lipinski definition) is 3. The number of rotatable bonds is 15. The van der Waals surface area contributed by atoms with Gasteiger partial charge in [-0.25, -0.2) is 0 Å². The first kappa shape index (κ1) is 40.3. The van der Waals surface area contributed by atoms with Crippen molar-refractivity contribution in [2.75, 3.05) is 13.7 Å². The van der Waals surface area contributed by atoms with Crippen molar-refractivity contribution in [2.45, 2.75) is 50.6 Å². The molecule has 0 aliphatic carbocycles. The standard InChI is InChI=1S/C33H31Cl3F5N3O6/c1-17(2)26(28(45)33(40,41)31(48)42-16-32(37,38)39)43-30(47)27(19-7-9-23(49-3)10-8-19)44-29(46)25(50-24-6-4-5-20(34)15-24)13-18-11-21(35)14-22(36)12-18/h4-12,14-15,17,25-27H,13,16H2,1-3H3,(H,42,48)(H,43,47)(H,44,46)/t25-,26+,27+/m1/s1. The summed E-state index contributed by atoms with van der Waals surface area (Å²) in [6.45, 7) is 0.412. The lowest BCUT2D eigenvalue weighted by Gasteiger charge is -2.28. The van der Waals surface area contributed by atoms with Crippen LogP contribution in [0.15, 0.2) is 66.7 Å². The van der Waals surface area contributed by atoms with Crippen molar-refractivity contribution in [1.29, 1.82) is 0 Å². The van der Waals surface area contributed by atoms with Gasteiger partial charge in [-0.2, -0.15) is 22.0 Å². The minimum atomic E-state index is -5.03. The van der Waals surface area contributed by atoms with E-state index in [0.29, 0.717) is 11.3 Å². The monoisotopic (exact) mass is 765 g/mol. The fraction of sp³-hybridized carbons (Fsp3) is 0.333.